The maximum absolute atomic E-state index is 12.5. The second-order valence-electron chi connectivity index (χ2n) is 5.65. The van der Waals surface area contributed by atoms with Crippen LogP contribution >= 0.6 is 11.3 Å². The summed E-state index contributed by atoms with van der Waals surface area (Å²) < 4.78 is 10.4. The highest BCUT2D eigenvalue weighted by atomic mass is 32.1. The average Bonchev–Trinajstić information content (AvgIpc) is 3.13. The lowest BCUT2D eigenvalue weighted by atomic mass is 10.1. The topological polar surface area (TPSA) is 101 Å². The molecule has 0 atom stereocenters. The number of nitrogens with zero attached hydrogens (tertiary/aromatic N) is 2. The minimum Gasteiger partial charge on any atom is -0.493 e. The third-order valence-corrected chi connectivity index (χ3v) is 4.66. The van der Waals surface area contributed by atoms with E-state index in [1.165, 1.54) is 13.2 Å². The van der Waals surface area contributed by atoms with Gasteiger partial charge in [-0.3, -0.25) is 10.1 Å². The number of nitriles is 1. The third-order valence-electron chi connectivity index (χ3n) is 3.67. The van der Waals surface area contributed by atoms with Crippen molar-refractivity contribution in [3.8, 4) is 11.8 Å². The molecule has 7 nitrogen and oxygen atoms in total. The first-order valence-corrected chi connectivity index (χ1v) is 9.58. The summed E-state index contributed by atoms with van der Waals surface area (Å²) in [6.07, 6.45) is 2.83. The van der Waals surface area contributed by atoms with Gasteiger partial charge < -0.3 is 9.47 Å². The van der Waals surface area contributed by atoms with Crippen molar-refractivity contribution >= 4 is 34.4 Å². The van der Waals surface area contributed by atoms with Crippen molar-refractivity contribution in [2.45, 2.75) is 26.7 Å². The zero-order valence-corrected chi connectivity index (χ0v) is 16.8. The van der Waals surface area contributed by atoms with Crippen molar-refractivity contribution in [3.05, 3.63) is 46.0 Å². The number of carbonyl (C=O) groups excluding carboxylic acids is 2. The summed E-state index contributed by atoms with van der Waals surface area (Å²) in [6.45, 7) is 4.38. The molecular formula is C20H21N3O4S. The molecule has 8 heteroatoms. The molecule has 0 aliphatic heterocycles. The Kier molecular flexibility index (Phi) is 7.72. The molecule has 2 rings (SSSR count). The minimum absolute atomic E-state index is 0.0968. The number of hydrogen-bond donors (Lipinski definition) is 1. The number of amides is 1. The lowest BCUT2D eigenvalue weighted by Gasteiger charge is -2.08. The Labute approximate surface area is 167 Å². The molecule has 1 aromatic carbocycles. The molecule has 0 radical (unpaired) electrons. The second-order valence-corrected chi connectivity index (χ2v) is 6.65. The smallest absolute Gasteiger partial charge is 0.350 e. The standard InChI is InChI=1S/C20H21N3O4S/c1-4-10-27-16-9-7-6-8-13(16)11-14(12-21)18(24)23-20-22-15(5-2)17(28-20)19(25)26-3/h6-9,11H,4-5,10H2,1-3H3,(H,22,23,24)/b14-11+. The summed E-state index contributed by atoms with van der Waals surface area (Å²) >= 11 is 1.01. The summed E-state index contributed by atoms with van der Waals surface area (Å²) in [6, 6.07) is 9.08. The van der Waals surface area contributed by atoms with Gasteiger partial charge >= 0.3 is 5.97 Å². The zero-order chi connectivity index (χ0) is 20.5. The summed E-state index contributed by atoms with van der Waals surface area (Å²) in [4.78, 5) is 28.9. The predicted molar refractivity (Wildman–Crippen MR) is 107 cm³/mol. The van der Waals surface area contributed by atoms with Crippen LogP contribution in [-0.2, 0) is 16.0 Å². The number of hydrogen-bond acceptors (Lipinski definition) is 7. The summed E-state index contributed by atoms with van der Waals surface area (Å²) in [7, 11) is 1.29. The number of aromatic nitrogens is 1. The van der Waals surface area contributed by atoms with Gasteiger partial charge in [-0.05, 0) is 25.0 Å². The molecule has 1 heterocycles. The van der Waals surface area contributed by atoms with Crippen molar-refractivity contribution in [3.63, 3.8) is 0 Å². The van der Waals surface area contributed by atoms with Crippen LogP contribution < -0.4 is 10.1 Å². The Balaban J connectivity index is 2.26. The van der Waals surface area contributed by atoms with E-state index >= 15 is 0 Å². The molecule has 1 aromatic heterocycles. The van der Waals surface area contributed by atoms with E-state index in [0.717, 1.165) is 17.8 Å². The fraction of sp³-hybridized carbons (Fsp3) is 0.300. The van der Waals surface area contributed by atoms with E-state index in [1.807, 2.05) is 26.0 Å². The van der Waals surface area contributed by atoms with E-state index in [1.54, 1.807) is 18.2 Å². The SMILES string of the molecule is CCCOc1ccccc1/C=C(\C#N)C(=O)Nc1nc(CC)c(C(=O)OC)s1. The Hall–Kier alpha value is -3.18. The molecular weight excluding hydrogens is 378 g/mol. The lowest BCUT2D eigenvalue weighted by molar-refractivity contribution is -0.112. The van der Waals surface area contributed by atoms with Crippen molar-refractivity contribution in [1.29, 1.82) is 5.26 Å². The first-order chi connectivity index (χ1) is 13.5. The summed E-state index contributed by atoms with van der Waals surface area (Å²) in [5, 5.41) is 12.2. The number of aryl methyl sites for hydroxylation is 1. The number of methoxy groups -OCH3 is 1. The van der Waals surface area contributed by atoms with Crippen LogP contribution in [0.5, 0.6) is 5.75 Å². The van der Waals surface area contributed by atoms with Crippen molar-refractivity contribution in [2.75, 3.05) is 19.0 Å². The average molecular weight is 399 g/mol. The van der Waals surface area contributed by atoms with Gasteiger partial charge in [0.1, 0.15) is 22.3 Å². The Bertz CT molecular complexity index is 928. The normalized spacial score (nSPS) is 10.9. The van der Waals surface area contributed by atoms with Gasteiger partial charge in [-0.1, -0.05) is 43.4 Å². The van der Waals surface area contributed by atoms with E-state index in [-0.39, 0.29) is 10.7 Å². The molecule has 0 fully saturated rings. The summed E-state index contributed by atoms with van der Waals surface area (Å²) in [5.74, 6) is -0.520. The van der Waals surface area contributed by atoms with E-state index in [9.17, 15) is 14.9 Å². The maximum Gasteiger partial charge on any atom is 0.350 e. The van der Waals surface area contributed by atoms with Crippen molar-refractivity contribution in [2.24, 2.45) is 0 Å². The first-order valence-electron chi connectivity index (χ1n) is 8.76. The van der Waals surface area contributed by atoms with Crippen LogP contribution in [0.1, 0.15) is 41.2 Å². The van der Waals surface area contributed by atoms with Gasteiger partial charge in [0, 0.05) is 5.56 Å². The van der Waals surface area contributed by atoms with E-state index < -0.39 is 11.9 Å². The third kappa shape index (κ3) is 5.18. The van der Waals surface area contributed by atoms with Gasteiger partial charge in [0.15, 0.2) is 5.13 Å². The first kappa shape index (κ1) is 21.1. The molecule has 0 saturated carbocycles. The predicted octanol–water partition coefficient (Wildman–Crippen LogP) is 3.83. The molecule has 0 aliphatic rings. The number of nitrogens with one attached hydrogen (secondary N) is 1. The molecule has 1 amide bonds. The van der Waals surface area contributed by atoms with Crippen LogP contribution in [0.25, 0.3) is 6.08 Å². The molecule has 1 N–H and O–H groups in total. The number of carbonyl (C=O) groups is 2. The van der Waals surface area contributed by atoms with Gasteiger partial charge in [0.2, 0.25) is 0 Å². The number of ether oxygens (including phenoxy) is 2. The largest absolute Gasteiger partial charge is 0.493 e. The van der Waals surface area contributed by atoms with Gasteiger partial charge in [-0.2, -0.15) is 5.26 Å². The van der Waals surface area contributed by atoms with E-state index in [4.69, 9.17) is 9.47 Å². The second kappa shape index (κ2) is 10.2. The molecule has 0 aliphatic carbocycles. The van der Waals surface area contributed by atoms with Gasteiger partial charge in [-0.25, -0.2) is 9.78 Å². The number of esters is 1. The fourth-order valence-corrected chi connectivity index (χ4v) is 3.28. The maximum atomic E-state index is 12.5. The minimum atomic E-state index is -0.611. The quantitative estimate of drug-likeness (QED) is 0.411. The Morgan fingerprint density at radius 1 is 1.32 bits per heavy atom. The number of rotatable bonds is 8. The molecule has 0 unspecified atom stereocenters. The molecule has 0 spiro atoms. The van der Waals surface area contributed by atoms with Crippen LogP contribution in [0.4, 0.5) is 5.13 Å². The molecule has 2 aromatic rings. The number of anilines is 1. The van der Waals surface area contributed by atoms with E-state index in [0.29, 0.717) is 34.9 Å². The molecule has 0 bridgehead atoms. The van der Waals surface area contributed by atoms with Crippen molar-refractivity contribution in [1.82, 2.24) is 4.98 Å². The highest BCUT2D eigenvalue weighted by Crippen LogP contribution is 2.26. The van der Waals surface area contributed by atoms with Gasteiger partial charge in [0.25, 0.3) is 5.91 Å². The van der Waals surface area contributed by atoms with Gasteiger partial charge in [-0.15, -0.1) is 0 Å². The van der Waals surface area contributed by atoms with Crippen molar-refractivity contribution < 1.29 is 19.1 Å². The molecule has 146 valence electrons. The van der Waals surface area contributed by atoms with Gasteiger partial charge in [0.05, 0.1) is 19.4 Å². The Morgan fingerprint density at radius 3 is 2.71 bits per heavy atom. The van der Waals surface area contributed by atoms with Crippen LogP contribution in [0.3, 0.4) is 0 Å². The van der Waals surface area contributed by atoms with Crippen LogP contribution in [0, 0.1) is 11.3 Å². The highest BCUT2D eigenvalue weighted by molar-refractivity contribution is 7.17. The number of thiazole rings is 1. The van der Waals surface area contributed by atoms with E-state index in [2.05, 4.69) is 10.3 Å². The number of para-hydroxylation sites is 1. The van der Waals surface area contributed by atoms with Crippen LogP contribution in [-0.4, -0.2) is 30.6 Å². The zero-order valence-electron chi connectivity index (χ0n) is 15.9. The molecule has 0 saturated heterocycles. The van der Waals surface area contributed by atoms with Crippen LogP contribution in [0.2, 0.25) is 0 Å². The Morgan fingerprint density at radius 2 is 2.07 bits per heavy atom. The monoisotopic (exact) mass is 399 g/mol. The number of benzene rings is 1. The molecule has 28 heavy (non-hydrogen) atoms. The lowest BCUT2D eigenvalue weighted by Crippen LogP contribution is -2.13. The highest BCUT2D eigenvalue weighted by Gasteiger charge is 2.20. The fourth-order valence-electron chi connectivity index (χ4n) is 2.31. The van der Waals surface area contributed by atoms with Crippen LogP contribution in [0.15, 0.2) is 29.8 Å². The summed E-state index contributed by atoms with van der Waals surface area (Å²) in [5.41, 5.74) is 1.07.